The number of benzene rings is 2. The number of carbonyl (C=O) groups is 2. The van der Waals surface area contributed by atoms with Crippen LogP contribution in [0.3, 0.4) is 0 Å². The smallest absolute Gasteiger partial charge is 0.226 e. The summed E-state index contributed by atoms with van der Waals surface area (Å²) in [5.41, 5.74) is 3.67. The number of halogens is 1. The van der Waals surface area contributed by atoms with E-state index in [4.69, 9.17) is 0 Å². The van der Waals surface area contributed by atoms with Crippen LogP contribution in [0.4, 0.5) is 5.69 Å². The molecule has 8 heteroatoms. The molecule has 0 bridgehead atoms. The predicted octanol–water partition coefficient (Wildman–Crippen LogP) is 4.11. The average molecular weight is 519 g/mol. The first kappa shape index (κ1) is 23.0. The van der Waals surface area contributed by atoms with Crippen molar-refractivity contribution in [1.29, 1.82) is 0 Å². The van der Waals surface area contributed by atoms with E-state index < -0.39 is 9.84 Å². The number of rotatable bonds is 6. The second kappa shape index (κ2) is 9.35. The summed E-state index contributed by atoms with van der Waals surface area (Å²) in [6.07, 6.45) is 3.64. The molecule has 1 aliphatic heterocycles. The van der Waals surface area contributed by atoms with E-state index in [0.29, 0.717) is 29.5 Å². The van der Waals surface area contributed by atoms with Gasteiger partial charge >= 0.3 is 0 Å². The van der Waals surface area contributed by atoms with Gasteiger partial charge in [-0.3, -0.25) is 9.59 Å². The Morgan fingerprint density at radius 1 is 1.16 bits per heavy atom. The van der Waals surface area contributed by atoms with Crippen LogP contribution in [-0.4, -0.2) is 32.5 Å². The number of anilines is 1. The van der Waals surface area contributed by atoms with Gasteiger partial charge in [0.05, 0.1) is 22.4 Å². The Morgan fingerprint density at radius 2 is 1.94 bits per heavy atom. The van der Waals surface area contributed by atoms with Gasteiger partial charge in [-0.1, -0.05) is 47.1 Å². The molecule has 0 fully saturated rings. The van der Waals surface area contributed by atoms with Crippen LogP contribution in [0.25, 0.3) is 0 Å². The minimum Gasteiger partial charge on any atom is -0.349 e. The Kier molecular flexibility index (Phi) is 6.72. The molecule has 0 aromatic heterocycles. The van der Waals surface area contributed by atoms with Gasteiger partial charge < -0.3 is 10.2 Å². The van der Waals surface area contributed by atoms with Crippen molar-refractivity contribution in [3.05, 3.63) is 57.6 Å². The maximum atomic E-state index is 13.3. The van der Waals surface area contributed by atoms with Crippen LogP contribution in [0, 0.1) is 0 Å². The van der Waals surface area contributed by atoms with Crippen molar-refractivity contribution in [1.82, 2.24) is 5.32 Å². The van der Waals surface area contributed by atoms with Crippen molar-refractivity contribution in [3.8, 4) is 0 Å². The minimum absolute atomic E-state index is 0.0806. The van der Waals surface area contributed by atoms with Gasteiger partial charge in [0.25, 0.3) is 0 Å². The van der Waals surface area contributed by atoms with Gasteiger partial charge in [-0.15, -0.1) is 0 Å². The van der Waals surface area contributed by atoms with E-state index in [0.717, 1.165) is 30.4 Å². The van der Waals surface area contributed by atoms with Gasteiger partial charge in [0.1, 0.15) is 0 Å². The fraction of sp³-hybridized carbons (Fsp3) is 0.417. The van der Waals surface area contributed by atoms with E-state index in [1.807, 2.05) is 24.3 Å². The highest BCUT2D eigenvalue weighted by Crippen LogP contribution is 2.38. The third-order valence-corrected chi connectivity index (χ3v) is 8.42. The fourth-order valence-electron chi connectivity index (χ4n) is 4.65. The number of nitrogens with one attached hydrogen (secondary N) is 1. The van der Waals surface area contributed by atoms with Crippen molar-refractivity contribution in [3.63, 3.8) is 0 Å². The second-order valence-electron chi connectivity index (χ2n) is 8.34. The van der Waals surface area contributed by atoms with Gasteiger partial charge in [-0.25, -0.2) is 8.42 Å². The maximum Gasteiger partial charge on any atom is 0.226 e. The molecule has 170 valence electrons. The van der Waals surface area contributed by atoms with Crippen LogP contribution in [0.2, 0.25) is 0 Å². The normalized spacial score (nSPS) is 17.6. The zero-order valence-electron chi connectivity index (χ0n) is 18.1. The van der Waals surface area contributed by atoms with Gasteiger partial charge in [0, 0.05) is 23.9 Å². The molecule has 1 heterocycles. The van der Waals surface area contributed by atoms with E-state index in [9.17, 15) is 18.0 Å². The molecule has 0 radical (unpaired) electrons. The summed E-state index contributed by atoms with van der Waals surface area (Å²) >= 11 is 3.40. The fourth-order valence-corrected chi connectivity index (χ4v) is 6.83. The van der Waals surface area contributed by atoms with Crippen molar-refractivity contribution in [2.75, 3.05) is 17.2 Å². The number of hydrogen-bond donors (Lipinski definition) is 1. The molecule has 4 rings (SSSR count). The molecule has 0 saturated heterocycles. The highest BCUT2D eigenvalue weighted by Gasteiger charge is 2.32. The molecule has 1 N–H and O–H groups in total. The summed E-state index contributed by atoms with van der Waals surface area (Å²) in [7, 11) is -3.76. The number of fused-ring (bicyclic) bond motifs is 2. The summed E-state index contributed by atoms with van der Waals surface area (Å²) in [5, 5.41) is 3.02. The van der Waals surface area contributed by atoms with E-state index >= 15 is 0 Å². The van der Waals surface area contributed by atoms with Crippen molar-refractivity contribution in [2.45, 2.75) is 56.4 Å². The Hall–Kier alpha value is -2.19. The lowest BCUT2D eigenvalue weighted by molar-refractivity contribution is -0.121. The molecule has 6 nitrogen and oxygen atoms in total. The zero-order chi connectivity index (χ0) is 22.9. The third-order valence-electron chi connectivity index (χ3n) is 6.23. The monoisotopic (exact) mass is 518 g/mol. The first-order valence-electron chi connectivity index (χ1n) is 11.0. The van der Waals surface area contributed by atoms with Crippen molar-refractivity contribution in [2.24, 2.45) is 0 Å². The van der Waals surface area contributed by atoms with E-state index in [1.54, 1.807) is 17.9 Å². The van der Waals surface area contributed by atoms with Gasteiger partial charge in [0.15, 0.2) is 9.84 Å². The highest BCUT2D eigenvalue weighted by molar-refractivity contribution is 9.10. The lowest BCUT2D eigenvalue weighted by atomic mass is 9.88. The summed E-state index contributed by atoms with van der Waals surface area (Å²) < 4.78 is 27.2. The number of carbonyl (C=O) groups excluding carboxylic acids is 2. The largest absolute Gasteiger partial charge is 0.349 e. The quantitative estimate of drug-likeness (QED) is 0.623. The number of nitrogens with zero attached hydrogens (tertiary/aromatic N) is 1. The van der Waals surface area contributed by atoms with Crippen molar-refractivity contribution >= 4 is 43.3 Å². The first-order chi connectivity index (χ1) is 15.3. The van der Waals surface area contributed by atoms with Gasteiger partial charge in [0.2, 0.25) is 11.8 Å². The third kappa shape index (κ3) is 4.62. The summed E-state index contributed by atoms with van der Waals surface area (Å²) in [6.45, 7) is 2.24. The van der Waals surface area contributed by atoms with E-state index in [2.05, 4.69) is 27.3 Å². The van der Waals surface area contributed by atoms with Crippen molar-refractivity contribution < 1.29 is 18.0 Å². The number of hydrogen-bond acceptors (Lipinski definition) is 4. The predicted molar refractivity (Wildman–Crippen MR) is 127 cm³/mol. The van der Waals surface area contributed by atoms with Crippen LogP contribution < -0.4 is 10.2 Å². The van der Waals surface area contributed by atoms with Crippen LogP contribution in [-0.2, 0) is 32.3 Å². The minimum atomic E-state index is -3.76. The number of aryl methyl sites for hydroxylation is 1. The lowest BCUT2D eigenvalue weighted by Crippen LogP contribution is -2.32. The Bertz CT molecular complexity index is 1160. The molecule has 1 atom stereocenters. The topological polar surface area (TPSA) is 83.6 Å². The summed E-state index contributed by atoms with van der Waals surface area (Å²) in [4.78, 5) is 26.7. The Morgan fingerprint density at radius 3 is 2.72 bits per heavy atom. The van der Waals surface area contributed by atoms with Crippen LogP contribution >= 0.6 is 15.9 Å². The lowest BCUT2D eigenvalue weighted by Gasteiger charge is -2.26. The molecule has 2 aromatic carbocycles. The first-order valence-corrected chi connectivity index (χ1v) is 13.5. The molecule has 0 saturated carbocycles. The van der Waals surface area contributed by atoms with Crippen LogP contribution in [0.5, 0.6) is 0 Å². The molecule has 2 amide bonds. The SMILES string of the molecule is CCC(=O)N1CCc2cc(Br)cc(S(=O)(=O)CCC(=O)NC3CCCc4ccccc43)c21. The van der Waals surface area contributed by atoms with E-state index in [1.165, 1.54) is 5.56 Å². The number of amides is 2. The zero-order valence-corrected chi connectivity index (χ0v) is 20.5. The Balaban J connectivity index is 1.50. The van der Waals surface area contributed by atoms with Gasteiger partial charge in [-0.2, -0.15) is 0 Å². The molecule has 0 spiro atoms. The average Bonchev–Trinajstić information content (AvgIpc) is 3.20. The molecular weight excluding hydrogens is 492 g/mol. The molecule has 2 aromatic rings. The maximum absolute atomic E-state index is 13.3. The van der Waals surface area contributed by atoms with E-state index in [-0.39, 0.29) is 34.9 Å². The van der Waals surface area contributed by atoms with Crippen LogP contribution in [0.15, 0.2) is 45.8 Å². The van der Waals surface area contributed by atoms with Crippen LogP contribution in [0.1, 0.15) is 55.3 Å². The Labute approximate surface area is 197 Å². The molecule has 2 aliphatic rings. The molecular formula is C24H27BrN2O4S. The molecule has 1 aliphatic carbocycles. The second-order valence-corrected chi connectivity index (χ2v) is 11.3. The molecule has 1 unspecified atom stereocenters. The molecule has 32 heavy (non-hydrogen) atoms. The highest BCUT2D eigenvalue weighted by atomic mass is 79.9. The van der Waals surface area contributed by atoms with Gasteiger partial charge in [-0.05, 0) is 54.5 Å². The standard InChI is InChI=1S/C24H27BrN2O4S/c1-2-23(29)27-12-10-17-14-18(25)15-21(24(17)27)32(30,31)13-11-22(28)26-20-9-5-7-16-6-3-4-8-19(16)20/h3-4,6,8,14-15,20H,2,5,7,9-13H2,1H3,(H,26,28). The number of sulfone groups is 1. The summed E-state index contributed by atoms with van der Waals surface area (Å²) in [6, 6.07) is 11.4. The summed E-state index contributed by atoms with van der Waals surface area (Å²) in [5.74, 6) is -0.677.